The Balaban J connectivity index is 1.74. The number of rotatable bonds is 4. The molecule has 0 radical (unpaired) electrons. The van der Waals surface area contributed by atoms with E-state index in [2.05, 4.69) is 76.4 Å². The molecular weight excluding hydrogens is 373 g/mol. The summed E-state index contributed by atoms with van der Waals surface area (Å²) in [6.07, 6.45) is 0. The van der Waals surface area contributed by atoms with Gasteiger partial charge in [-0.15, -0.1) is 0 Å². The summed E-state index contributed by atoms with van der Waals surface area (Å²) in [7, 11) is 2.16. The maximum Gasteiger partial charge on any atom is 0.123 e. The van der Waals surface area contributed by atoms with E-state index in [-0.39, 0.29) is 11.9 Å². The Morgan fingerprint density at radius 3 is 2.33 bits per heavy atom. The Morgan fingerprint density at radius 2 is 1.57 bits per heavy atom. The Morgan fingerprint density at radius 1 is 0.833 bits per heavy atom. The van der Waals surface area contributed by atoms with Crippen LogP contribution >= 0.6 is 0 Å². The third-order valence-corrected chi connectivity index (χ3v) is 6.15. The molecule has 152 valence electrons. The zero-order valence-electron chi connectivity index (χ0n) is 17.2. The first-order chi connectivity index (χ1) is 14.7. The van der Waals surface area contributed by atoms with Gasteiger partial charge in [-0.3, -0.25) is 4.90 Å². The van der Waals surface area contributed by atoms with Gasteiger partial charge >= 0.3 is 0 Å². The largest absolute Gasteiger partial charge is 0.354 e. The van der Waals surface area contributed by atoms with E-state index in [0.29, 0.717) is 0 Å². The fraction of sp³-hybridized carbons (Fsp3) is 0.231. The van der Waals surface area contributed by atoms with Crippen LogP contribution < -0.4 is 0 Å². The Kier molecular flexibility index (Phi) is 5.11. The van der Waals surface area contributed by atoms with Crippen molar-refractivity contribution in [1.29, 1.82) is 0 Å². The van der Waals surface area contributed by atoms with Crippen molar-refractivity contribution >= 4 is 10.9 Å². The molecular formula is C26H26FN3. The van der Waals surface area contributed by atoms with Crippen LogP contribution in [0.3, 0.4) is 0 Å². The molecule has 4 heteroatoms. The fourth-order valence-electron chi connectivity index (χ4n) is 4.60. The molecule has 0 spiro atoms. The molecule has 1 N–H and O–H groups in total. The number of hydrogen-bond acceptors (Lipinski definition) is 2. The fourth-order valence-corrected chi connectivity index (χ4v) is 4.60. The van der Waals surface area contributed by atoms with Crippen molar-refractivity contribution in [2.45, 2.75) is 6.04 Å². The van der Waals surface area contributed by atoms with Crippen LogP contribution in [-0.4, -0.2) is 48.0 Å². The summed E-state index contributed by atoms with van der Waals surface area (Å²) >= 11 is 0. The second kappa shape index (κ2) is 8.05. The van der Waals surface area contributed by atoms with Crippen LogP contribution in [-0.2, 0) is 0 Å². The number of aromatic amines is 1. The van der Waals surface area contributed by atoms with E-state index < -0.39 is 0 Å². The van der Waals surface area contributed by atoms with Crippen molar-refractivity contribution in [3.63, 3.8) is 0 Å². The van der Waals surface area contributed by atoms with Crippen LogP contribution in [0.1, 0.15) is 17.2 Å². The second-order valence-corrected chi connectivity index (χ2v) is 8.12. The molecule has 1 saturated heterocycles. The second-order valence-electron chi connectivity index (χ2n) is 8.12. The first-order valence-electron chi connectivity index (χ1n) is 10.5. The summed E-state index contributed by atoms with van der Waals surface area (Å²) < 4.78 is 14.3. The Hall–Kier alpha value is -2.95. The molecule has 30 heavy (non-hydrogen) atoms. The highest BCUT2D eigenvalue weighted by atomic mass is 19.1. The number of hydrogen-bond donors (Lipinski definition) is 1. The molecule has 1 aromatic heterocycles. The van der Waals surface area contributed by atoms with Gasteiger partial charge in [0.05, 0.1) is 11.7 Å². The van der Waals surface area contributed by atoms with Gasteiger partial charge in [-0.2, -0.15) is 0 Å². The van der Waals surface area contributed by atoms with Crippen LogP contribution in [0.5, 0.6) is 0 Å². The van der Waals surface area contributed by atoms with Gasteiger partial charge in [0.25, 0.3) is 0 Å². The van der Waals surface area contributed by atoms with Gasteiger partial charge < -0.3 is 9.88 Å². The van der Waals surface area contributed by atoms with Crippen LogP contribution in [0.15, 0.2) is 78.9 Å². The van der Waals surface area contributed by atoms with Crippen LogP contribution in [0, 0.1) is 5.82 Å². The Labute approximate surface area is 176 Å². The van der Waals surface area contributed by atoms with Gasteiger partial charge in [-0.05, 0) is 36.4 Å². The summed E-state index contributed by atoms with van der Waals surface area (Å²) in [6.45, 7) is 3.92. The zero-order valence-corrected chi connectivity index (χ0v) is 17.2. The zero-order chi connectivity index (χ0) is 20.5. The number of likely N-dealkylation sites (N-methyl/N-ethyl adjacent to an activating group) is 1. The molecule has 0 bridgehead atoms. The first kappa shape index (κ1) is 19.0. The Bertz CT molecular complexity index is 1140. The van der Waals surface area contributed by atoms with Crippen molar-refractivity contribution in [1.82, 2.24) is 14.8 Å². The average Bonchev–Trinajstić information content (AvgIpc) is 3.15. The summed E-state index contributed by atoms with van der Waals surface area (Å²) in [5, 5.41) is 1.20. The predicted octanol–water partition coefficient (Wildman–Crippen LogP) is 5.31. The standard InChI is InChI=1S/C26H26FN3/c1-29-14-16-30(17-15-29)26(20-10-7-11-21(27)18-20)24-22-12-5-6-13-23(22)28-25(24)19-8-3-2-4-9-19/h2-13,18,26,28H,14-17H2,1H3. The molecule has 5 rings (SSSR count). The SMILES string of the molecule is CN1CCN(C(c2cccc(F)c2)c2c(-c3ccccc3)[nH]c3ccccc23)CC1. The molecule has 1 aliphatic heterocycles. The number of halogens is 1. The van der Waals surface area contributed by atoms with Gasteiger partial charge in [0.15, 0.2) is 0 Å². The number of benzene rings is 3. The monoisotopic (exact) mass is 399 g/mol. The van der Waals surface area contributed by atoms with E-state index in [1.807, 2.05) is 12.1 Å². The number of para-hydroxylation sites is 1. The van der Waals surface area contributed by atoms with Crippen LogP contribution in [0.4, 0.5) is 4.39 Å². The van der Waals surface area contributed by atoms with E-state index in [1.165, 1.54) is 17.0 Å². The van der Waals surface area contributed by atoms with Crippen molar-refractivity contribution in [2.24, 2.45) is 0 Å². The lowest BCUT2D eigenvalue weighted by molar-refractivity contribution is 0.128. The minimum atomic E-state index is -0.187. The van der Waals surface area contributed by atoms with E-state index in [9.17, 15) is 4.39 Å². The molecule has 3 aromatic carbocycles. The third-order valence-electron chi connectivity index (χ3n) is 6.15. The number of nitrogens with zero attached hydrogens (tertiary/aromatic N) is 2. The lowest BCUT2D eigenvalue weighted by Crippen LogP contribution is -2.46. The quantitative estimate of drug-likeness (QED) is 0.502. The number of fused-ring (bicyclic) bond motifs is 1. The predicted molar refractivity (Wildman–Crippen MR) is 121 cm³/mol. The van der Waals surface area contributed by atoms with Crippen molar-refractivity contribution in [3.8, 4) is 11.3 Å². The molecule has 3 nitrogen and oxygen atoms in total. The normalized spacial score (nSPS) is 16.7. The summed E-state index contributed by atoms with van der Waals surface area (Å²) in [5.41, 5.74) is 5.61. The third kappa shape index (κ3) is 3.53. The molecule has 1 aliphatic rings. The van der Waals surface area contributed by atoms with Gasteiger partial charge in [0.1, 0.15) is 5.82 Å². The summed E-state index contributed by atoms with van der Waals surface area (Å²) in [4.78, 5) is 8.51. The molecule has 2 heterocycles. The van der Waals surface area contributed by atoms with Gasteiger partial charge in [0.2, 0.25) is 0 Å². The van der Waals surface area contributed by atoms with Crippen LogP contribution in [0.2, 0.25) is 0 Å². The molecule has 1 fully saturated rings. The smallest absolute Gasteiger partial charge is 0.123 e. The molecule has 0 amide bonds. The molecule has 1 unspecified atom stereocenters. The number of H-pyrrole nitrogens is 1. The molecule has 1 atom stereocenters. The summed E-state index contributed by atoms with van der Waals surface area (Å²) in [6, 6.07) is 26.0. The number of piperazine rings is 1. The minimum absolute atomic E-state index is 0.0132. The minimum Gasteiger partial charge on any atom is -0.354 e. The summed E-state index contributed by atoms with van der Waals surface area (Å²) in [5.74, 6) is -0.187. The maximum absolute atomic E-state index is 14.3. The highest BCUT2D eigenvalue weighted by molar-refractivity contribution is 5.91. The van der Waals surface area contributed by atoms with E-state index in [0.717, 1.165) is 48.5 Å². The maximum atomic E-state index is 14.3. The van der Waals surface area contributed by atoms with Crippen molar-refractivity contribution in [2.75, 3.05) is 33.2 Å². The van der Waals surface area contributed by atoms with E-state index in [4.69, 9.17) is 0 Å². The average molecular weight is 400 g/mol. The van der Waals surface area contributed by atoms with Crippen molar-refractivity contribution < 1.29 is 4.39 Å². The highest BCUT2D eigenvalue weighted by Crippen LogP contribution is 2.41. The number of nitrogens with one attached hydrogen (secondary N) is 1. The van der Waals surface area contributed by atoms with Crippen molar-refractivity contribution in [3.05, 3.63) is 95.8 Å². The molecule has 0 aliphatic carbocycles. The molecule has 0 saturated carbocycles. The van der Waals surface area contributed by atoms with Gasteiger partial charge in [0, 0.05) is 42.6 Å². The molecule has 4 aromatic rings. The topological polar surface area (TPSA) is 22.3 Å². The number of aromatic nitrogens is 1. The lowest BCUT2D eigenvalue weighted by atomic mass is 9.91. The van der Waals surface area contributed by atoms with E-state index in [1.54, 1.807) is 6.07 Å². The lowest BCUT2D eigenvalue weighted by Gasteiger charge is -2.38. The van der Waals surface area contributed by atoms with Gasteiger partial charge in [-0.25, -0.2) is 4.39 Å². The van der Waals surface area contributed by atoms with E-state index >= 15 is 0 Å². The highest BCUT2D eigenvalue weighted by Gasteiger charge is 2.30. The van der Waals surface area contributed by atoms with Crippen LogP contribution in [0.25, 0.3) is 22.2 Å². The van der Waals surface area contributed by atoms with Gasteiger partial charge in [-0.1, -0.05) is 60.7 Å². The first-order valence-corrected chi connectivity index (χ1v) is 10.5.